The van der Waals surface area contributed by atoms with E-state index in [1.807, 2.05) is 32.9 Å². The quantitative estimate of drug-likeness (QED) is 0.469. The van der Waals surface area contributed by atoms with Crippen LogP contribution in [0.4, 0.5) is 4.39 Å². The highest BCUT2D eigenvalue weighted by atomic mass is 32.1. The van der Waals surface area contributed by atoms with Gasteiger partial charge in [0.15, 0.2) is 0 Å². The van der Waals surface area contributed by atoms with Crippen LogP contribution in [-0.2, 0) is 22.7 Å². The molecule has 10 heteroatoms. The lowest BCUT2D eigenvalue weighted by Crippen LogP contribution is -2.55. The number of hydrogen-bond acceptors (Lipinski definition) is 6. The number of β-amino-alcohol motifs (C(OH)–C–C–N with tert-alkyl or cyclic N) is 1. The first-order valence-electron chi connectivity index (χ1n) is 13.0. The molecule has 0 spiro atoms. The first-order chi connectivity index (χ1) is 18.7. The average molecular weight is 551 g/mol. The van der Waals surface area contributed by atoms with Gasteiger partial charge in [-0.25, -0.2) is 9.37 Å². The zero-order valence-corrected chi connectivity index (χ0v) is 22.9. The van der Waals surface area contributed by atoms with Crippen molar-refractivity contribution in [2.75, 3.05) is 6.54 Å². The molecular formula is C29H31FN4O4S. The number of nitrogens with zero attached hydrogens (tertiary/aromatic N) is 3. The standard InChI is InChI=1S/C29H31FN4O4S/c1-16(2)25(34-13-20-6-4-5-7-22(20)28(34)37)29(38)33-14-21(35)11-24(33)27(36)31-12-19-9-8-18(10-23(19)30)26-17(3)32-15-39-26/h4-10,15-16,21,24-25,35H,11-14H2,1-3H3,(H,31,36)/t21?,24?,25-/m0/s1. The number of carbonyl (C=O) groups is 3. The number of aliphatic hydroxyl groups is 1. The van der Waals surface area contributed by atoms with Gasteiger partial charge < -0.3 is 20.2 Å². The molecule has 39 heavy (non-hydrogen) atoms. The molecule has 1 saturated heterocycles. The van der Waals surface area contributed by atoms with E-state index >= 15 is 0 Å². The summed E-state index contributed by atoms with van der Waals surface area (Å²) in [5, 5.41) is 13.1. The molecule has 3 heterocycles. The summed E-state index contributed by atoms with van der Waals surface area (Å²) in [5.41, 5.74) is 5.00. The van der Waals surface area contributed by atoms with Crippen LogP contribution in [0.1, 0.15) is 47.4 Å². The second-order valence-electron chi connectivity index (χ2n) is 10.5. The lowest BCUT2D eigenvalue weighted by molar-refractivity contribution is -0.143. The minimum atomic E-state index is -0.920. The van der Waals surface area contributed by atoms with Gasteiger partial charge in [-0.1, -0.05) is 44.2 Å². The van der Waals surface area contributed by atoms with Gasteiger partial charge in [0.25, 0.3) is 5.91 Å². The lowest BCUT2D eigenvalue weighted by Gasteiger charge is -2.35. The Hall–Kier alpha value is -3.63. The Labute approximate surface area is 230 Å². The SMILES string of the molecule is Cc1ncsc1-c1ccc(CNC(=O)C2CC(O)CN2C(=O)[C@H](C(C)C)N2Cc3ccccc3C2=O)c(F)c1. The number of aromatic nitrogens is 1. The van der Waals surface area contributed by atoms with Gasteiger partial charge in [-0.05, 0) is 36.1 Å². The number of fused-ring (bicyclic) bond motifs is 1. The Kier molecular flexibility index (Phi) is 7.51. The highest BCUT2D eigenvalue weighted by Crippen LogP contribution is 2.31. The van der Waals surface area contributed by atoms with E-state index in [0.717, 1.165) is 21.7 Å². The van der Waals surface area contributed by atoms with Gasteiger partial charge in [0, 0.05) is 37.2 Å². The van der Waals surface area contributed by atoms with E-state index in [1.165, 1.54) is 22.3 Å². The summed E-state index contributed by atoms with van der Waals surface area (Å²) in [4.78, 5) is 48.2. The van der Waals surface area contributed by atoms with Gasteiger partial charge in [-0.15, -0.1) is 11.3 Å². The summed E-state index contributed by atoms with van der Waals surface area (Å²) < 4.78 is 14.9. The van der Waals surface area contributed by atoms with Gasteiger partial charge >= 0.3 is 0 Å². The molecule has 2 N–H and O–H groups in total. The normalized spacial score (nSPS) is 19.5. The molecule has 2 aromatic carbocycles. The van der Waals surface area contributed by atoms with E-state index < -0.39 is 29.9 Å². The van der Waals surface area contributed by atoms with E-state index in [1.54, 1.807) is 34.7 Å². The van der Waals surface area contributed by atoms with Crippen LogP contribution < -0.4 is 5.32 Å². The molecule has 5 rings (SSSR count). The van der Waals surface area contributed by atoms with Crippen molar-refractivity contribution < 1.29 is 23.9 Å². The number of amides is 3. The van der Waals surface area contributed by atoms with Gasteiger partial charge in [0.2, 0.25) is 11.8 Å². The number of carbonyl (C=O) groups excluding carboxylic acids is 3. The number of aryl methyl sites for hydroxylation is 1. The van der Waals surface area contributed by atoms with Crippen LogP contribution in [0.2, 0.25) is 0 Å². The van der Waals surface area contributed by atoms with E-state index in [4.69, 9.17) is 0 Å². The summed E-state index contributed by atoms with van der Waals surface area (Å²) >= 11 is 1.43. The summed E-state index contributed by atoms with van der Waals surface area (Å²) in [5.74, 6) is -1.73. The third-order valence-corrected chi connectivity index (χ3v) is 8.43. The van der Waals surface area contributed by atoms with Gasteiger partial charge in [0.1, 0.15) is 17.9 Å². The number of nitrogens with one attached hydrogen (secondary N) is 1. The number of thiazole rings is 1. The van der Waals surface area contributed by atoms with Gasteiger partial charge in [-0.2, -0.15) is 0 Å². The lowest BCUT2D eigenvalue weighted by atomic mass is 10.0. The minimum Gasteiger partial charge on any atom is -0.391 e. The molecular weight excluding hydrogens is 519 g/mol. The smallest absolute Gasteiger partial charge is 0.255 e. The largest absolute Gasteiger partial charge is 0.391 e. The predicted octanol–water partition coefficient (Wildman–Crippen LogP) is 3.52. The summed E-state index contributed by atoms with van der Waals surface area (Å²) in [6.07, 6.45) is -0.800. The van der Waals surface area contributed by atoms with Crippen LogP contribution in [0.3, 0.4) is 0 Å². The molecule has 0 radical (unpaired) electrons. The van der Waals surface area contributed by atoms with E-state index in [0.29, 0.717) is 17.7 Å². The molecule has 2 aliphatic heterocycles. The Morgan fingerprint density at radius 2 is 2.00 bits per heavy atom. The molecule has 1 aromatic heterocycles. The van der Waals surface area contributed by atoms with Crippen molar-refractivity contribution in [3.8, 4) is 10.4 Å². The number of benzene rings is 2. The highest BCUT2D eigenvalue weighted by molar-refractivity contribution is 7.13. The number of aliphatic hydroxyl groups excluding tert-OH is 1. The summed E-state index contributed by atoms with van der Waals surface area (Å²) in [6.45, 7) is 5.83. The molecule has 1 fully saturated rings. The topological polar surface area (TPSA) is 103 Å². The maximum atomic E-state index is 14.9. The number of likely N-dealkylation sites (tertiary alicyclic amines) is 1. The molecule has 204 valence electrons. The third-order valence-electron chi connectivity index (χ3n) is 7.45. The van der Waals surface area contributed by atoms with Gasteiger partial charge in [-0.3, -0.25) is 14.4 Å². The Morgan fingerprint density at radius 3 is 2.67 bits per heavy atom. The Balaban J connectivity index is 1.29. The van der Waals surface area contributed by atoms with Crippen LogP contribution in [0.25, 0.3) is 10.4 Å². The maximum absolute atomic E-state index is 14.9. The summed E-state index contributed by atoms with van der Waals surface area (Å²) in [7, 11) is 0. The predicted molar refractivity (Wildman–Crippen MR) is 145 cm³/mol. The average Bonchev–Trinajstić information content (AvgIpc) is 3.60. The van der Waals surface area contributed by atoms with E-state index in [9.17, 15) is 23.9 Å². The number of rotatable bonds is 7. The summed E-state index contributed by atoms with van der Waals surface area (Å²) in [6, 6.07) is 10.4. The van der Waals surface area contributed by atoms with Crippen molar-refractivity contribution in [2.24, 2.45) is 5.92 Å². The van der Waals surface area contributed by atoms with Crippen molar-refractivity contribution in [3.05, 3.63) is 76.2 Å². The monoisotopic (exact) mass is 550 g/mol. The number of hydrogen-bond donors (Lipinski definition) is 2. The fourth-order valence-electron chi connectivity index (χ4n) is 5.47. The molecule has 0 bridgehead atoms. The minimum absolute atomic E-state index is 0.00756. The molecule has 0 saturated carbocycles. The fraction of sp³-hybridized carbons (Fsp3) is 0.379. The molecule has 2 aliphatic rings. The molecule has 2 unspecified atom stereocenters. The van der Waals surface area contributed by atoms with Crippen molar-refractivity contribution >= 4 is 29.1 Å². The zero-order chi connectivity index (χ0) is 27.8. The maximum Gasteiger partial charge on any atom is 0.255 e. The second kappa shape index (κ2) is 10.9. The molecule has 0 aliphatic carbocycles. The molecule has 3 amide bonds. The third kappa shape index (κ3) is 5.18. The Bertz CT molecular complexity index is 1420. The van der Waals surface area contributed by atoms with Crippen LogP contribution in [-0.4, -0.2) is 62.3 Å². The second-order valence-corrected chi connectivity index (χ2v) is 11.3. The molecule has 3 aromatic rings. The highest BCUT2D eigenvalue weighted by Gasteiger charge is 2.45. The van der Waals surface area contributed by atoms with Crippen molar-refractivity contribution in [3.63, 3.8) is 0 Å². The fourth-order valence-corrected chi connectivity index (χ4v) is 6.27. The van der Waals surface area contributed by atoms with Crippen LogP contribution >= 0.6 is 11.3 Å². The van der Waals surface area contributed by atoms with Crippen molar-refractivity contribution in [1.82, 2.24) is 20.1 Å². The molecule has 3 atom stereocenters. The van der Waals surface area contributed by atoms with Crippen LogP contribution in [0, 0.1) is 18.7 Å². The first-order valence-corrected chi connectivity index (χ1v) is 13.9. The van der Waals surface area contributed by atoms with Crippen LogP contribution in [0.5, 0.6) is 0 Å². The number of halogens is 1. The van der Waals surface area contributed by atoms with E-state index in [2.05, 4.69) is 10.3 Å². The Morgan fingerprint density at radius 1 is 1.23 bits per heavy atom. The van der Waals surface area contributed by atoms with Crippen LogP contribution in [0.15, 0.2) is 48.0 Å². The van der Waals surface area contributed by atoms with Gasteiger partial charge in [0.05, 0.1) is 22.2 Å². The van der Waals surface area contributed by atoms with Crippen molar-refractivity contribution in [2.45, 2.75) is 58.5 Å². The first kappa shape index (κ1) is 27.0. The van der Waals surface area contributed by atoms with E-state index in [-0.39, 0.29) is 37.2 Å². The van der Waals surface area contributed by atoms with Crippen molar-refractivity contribution in [1.29, 1.82) is 0 Å². The molecule has 8 nitrogen and oxygen atoms in total. The zero-order valence-electron chi connectivity index (χ0n) is 22.1.